The summed E-state index contributed by atoms with van der Waals surface area (Å²) in [4.78, 5) is 0. The molecule has 0 heterocycles. The summed E-state index contributed by atoms with van der Waals surface area (Å²) in [5, 5.41) is 11.0. The van der Waals surface area contributed by atoms with Crippen LogP contribution in [0.15, 0.2) is 60.2 Å². The minimum atomic E-state index is -0.600. The van der Waals surface area contributed by atoms with Gasteiger partial charge in [-0.1, -0.05) is 54.6 Å². The first-order valence-electron chi connectivity index (χ1n) is 5.79. The van der Waals surface area contributed by atoms with E-state index in [1.54, 1.807) is 12.1 Å². The van der Waals surface area contributed by atoms with Gasteiger partial charge in [0.05, 0.1) is 0 Å². The first-order valence-corrected chi connectivity index (χ1v) is 6.16. The molecule has 18 heavy (non-hydrogen) atoms. The molecule has 1 atom stereocenters. The van der Waals surface area contributed by atoms with Crippen LogP contribution in [0, 0.1) is 0 Å². The summed E-state index contributed by atoms with van der Waals surface area (Å²) in [6.45, 7) is 5.58. The fourth-order valence-corrected chi connectivity index (χ4v) is 2.18. The molecule has 2 rings (SSSR count). The number of aliphatic hydroxyl groups excluding tert-OH is 1. The van der Waals surface area contributed by atoms with Crippen LogP contribution >= 0.6 is 11.6 Å². The van der Waals surface area contributed by atoms with Crippen molar-refractivity contribution in [3.63, 3.8) is 0 Å². The molecule has 1 aromatic carbocycles. The van der Waals surface area contributed by atoms with E-state index in [1.165, 1.54) is 0 Å². The molecule has 0 radical (unpaired) electrons. The fourth-order valence-electron chi connectivity index (χ4n) is 2.00. The third kappa shape index (κ3) is 2.47. The number of allylic oxidation sites excluding steroid dienone is 5. The molecular weight excluding hydrogens is 244 g/mol. The van der Waals surface area contributed by atoms with Crippen LogP contribution in [0.3, 0.4) is 0 Å². The maximum atomic E-state index is 10.4. The molecule has 0 bridgehead atoms. The largest absolute Gasteiger partial charge is 0.384 e. The molecular formula is C16H15ClO. The standard InChI is InChI=1S/C16H15ClO/c1-3-4-5-12-6-7-13-10-14(17)8-9-15(13)16(18)11(12)2/h3-10,16,18H,1H2,2H3/b5-4-. The molecule has 2 heteroatoms. The first-order chi connectivity index (χ1) is 8.63. The molecule has 0 amide bonds. The van der Waals surface area contributed by atoms with Gasteiger partial charge in [0.25, 0.3) is 0 Å². The van der Waals surface area contributed by atoms with E-state index in [9.17, 15) is 5.11 Å². The van der Waals surface area contributed by atoms with Crippen LogP contribution in [-0.4, -0.2) is 5.11 Å². The predicted molar refractivity (Wildman–Crippen MR) is 77.5 cm³/mol. The van der Waals surface area contributed by atoms with Crippen molar-refractivity contribution in [2.24, 2.45) is 0 Å². The third-order valence-corrected chi connectivity index (χ3v) is 3.30. The Morgan fingerprint density at radius 2 is 2.11 bits per heavy atom. The average Bonchev–Trinajstić information content (AvgIpc) is 2.47. The van der Waals surface area contributed by atoms with E-state index in [-0.39, 0.29) is 0 Å². The third-order valence-electron chi connectivity index (χ3n) is 3.06. The van der Waals surface area contributed by atoms with Crippen molar-refractivity contribution >= 4 is 17.7 Å². The molecule has 0 aromatic heterocycles. The van der Waals surface area contributed by atoms with Crippen LogP contribution in [0.4, 0.5) is 0 Å². The normalized spacial score (nSPS) is 18.9. The van der Waals surface area contributed by atoms with Crippen molar-refractivity contribution in [2.45, 2.75) is 13.0 Å². The van der Waals surface area contributed by atoms with Gasteiger partial charge < -0.3 is 5.11 Å². The molecule has 1 aromatic rings. The Hall–Kier alpha value is -1.57. The number of hydrogen-bond donors (Lipinski definition) is 1. The number of fused-ring (bicyclic) bond motifs is 1. The summed E-state index contributed by atoms with van der Waals surface area (Å²) in [6, 6.07) is 5.54. The van der Waals surface area contributed by atoms with Crippen LogP contribution in [-0.2, 0) is 0 Å². The second kappa shape index (κ2) is 5.38. The number of benzene rings is 1. The Morgan fingerprint density at radius 3 is 2.83 bits per heavy atom. The van der Waals surface area contributed by atoms with E-state index in [4.69, 9.17) is 11.6 Å². The highest BCUT2D eigenvalue weighted by atomic mass is 35.5. The van der Waals surface area contributed by atoms with Crippen LogP contribution < -0.4 is 0 Å². The summed E-state index contributed by atoms with van der Waals surface area (Å²) < 4.78 is 0. The van der Waals surface area contributed by atoms with E-state index in [2.05, 4.69) is 6.58 Å². The minimum Gasteiger partial charge on any atom is -0.384 e. The van der Waals surface area contributed by atoms with Gasteiger partial charge in [-0.25, -0.2) is 0 Å². The van der Waals surface area contributed by atoms with Crippen molar-refractivity contribution in [1.82, 2.24) is 0 Å². The van der Waals surface area contributed by atoms with Gasteiger partial charge >= 0.3 is 0 Å². The van der Waals surface area contributed by atoms with Crippen LogP contribution in [0.25, 0.3) is 6.08 Å². The molecule has 0 saturated heterocycles. The number of halogens is 1. The van der Waals surface area contributed by atoms with Gasteiger partial charge in [-0.2, -0.15) is 0 Å². The number of hydrogen-bond acceptors (Lipinski definition) is 1. The van der Waals surface area contributed by atoms with Gasteiger partial charge in [-0.05, 0) is 41.3 Å². The van der Waals surface area contributed by atoms with Crippen molar-refractivity contribution in [2.75, 3.05) is 0 Å². The van der Waals surface area contributed by atoms with E-state index in [0.29, 0.717) is 5.02 Å². The highest BCUT2D eigenvalue weighted by Gasteiger charge is 2.17. The summed E-state index contributed by atoms with van der Waals surface area (Å²) >= 11 is 5.98. The van der Waals surface area contributed by atoms with E-state index in [0.717, 1.165) is 22.3 Å². The Bertz CT molecular complexity index is 564. The van der Waals surface area contributed by atoms with Crippen molar-refractivity contribution in [3.05, 3.63) is 76.4 Å². The van der Waals surface area contributed by atoms with Crippen LogP contribution in [0.1, 0.15) is 24.2 Å². The number of aliphatic hydroxyl groups is 1. The van der Waals surface area contributed by atoms with Crippen LogP contribution in [0.2, 0.25) is 5.02 Å². The fraction of sp³-hybridized carbons (Fsp3) is 0.125. The lowest BCUT2D eigenvalue weighted by Gasteiger charge is -2.14. The first kappa shape index (κ1) is 12.9. The monoisotopic (exact) mass is 258 g/mol. The Kier molecular flexibility index (Phi) is 3.85. The smallest absolute Gasteiger partial charge is 0.101 e. The zero-order valence-corrected chi connectivity index (χ0v) is 11.0. The minimum absolute atomic E-state index is 0.600. The SMILES string of the molecule is C=C/C=C\C1=C(C)C(O)c2ccc(Cl)cc2C=C1. The average molecular weight is 259 g/mol. The van der Waals surface area contributed by atoms with E-state index < -0.39 is 6.10 Å². The molecule has 0 aliphatic heterocycles. The predicted octanol–water partition coefficient (Wildman–Crippen LogP) is 4.46. The van der Waals surface area contributed by atoms with Gasteiger partial charge in [0.2, 0.25) is 0 Å². The van der Waals surface area contributed by atoms with Gasteiger partial charge in [0, 0.05) is 5.02 Å². The van der Waals surface area contributed by atoms with Crippen molar-refractivity contribution < 1.29 is 5.11 Å². The Balaban J connectivity index is 2.52. The lowest BCUT2D eigenvalue weighted by Crippen LogP contribution is -2.01. The van der Waals surface area contributed by atoms with Gasteiger partial charge in [0.15, 0.2) is 0 Å². The van der Waals surface area contributed by atoms with E-state index >= 15 is 0 Å². The Labute approximate surface area is 112 Å². The van der Waals surface area contributed by atoms with Crippen molar-refractivity contribution in [1.29, 1.82) is 0 Å². The zero-order chi connectivity index (χ0) is 13.1. The second-order valence-electron chi connectivity index (χ2n) is 4.24. The molecule has 1 N–H and O–H groups in total. The molecule has 1 aliphatic rings. The maximum absolute atomic E-state index is 10.4. The van der Waals surface area contributed by atoms with Gasteiger partial charge in [-0.15, -0.1) is 0 Å². The molecule has 92 valence electrons. The molecule has 0 saturated carbocycles. The van der Waals surface area contributed by atoms with E-state index in [1.807, 2.05) is 43.4 Å². The summed E-state index contributed by atoms with van der Waals surface area (Å²) in [5.41, 5.74) is 3.76. The lowest BCUT2D eigenvalue weighted by molar-refractivity contribution is 0.215. The molecule has 1 aliphatic carbocycles. The summed E-state index contributed by atoms with van der Waals surface area (Å²) in [7, 11) is 0. The van der Waals surface area contributed by atoms with Crippen molar-refractivity contribution in [3.8, 4) is 0 Å². The van der Waals surface area contributed by atoms with Crippen LogP contribution in [0.5, 0.6) is 0 Å². The Morgan fingerprint density at radius 1 is 1.33 bits per heavy atom. The molecule has 1 unspecified atom stereocenters. The topological polar surface area (TPSA) is 20.2 Å². The zero-order valence-electron chi connectivity index (χ0n) is 10.2. The highest BCUT2D eigenvalue weighted by Crippen LogP contribution is 2.33. The molecule has 1 nitrogen and oxygen atoms in total. The number of rotatable bonds is 2. The second-order valence-corrected chi connectivity index (χ2v) is 4.68. The molecule has 0 spiro atoms. The summed E-state index contributed by atoms with van der Waals surface area (Å²) in [6.07, 6.45) is 8.88. The highest BCUT2D eigenvalue weighted by molar-refractivity contribution is 6.30. The van der Waals surface area contributed by atoms with Gasteiger partial charge in [0.1, 0.15) is 6.10 Å². The maximum Gasteiger partial charge on any atom is 0.101 e. The molecule has 0 fully saturated rings. The lowest BCUT2D eigenvalue weighted by atomic mass is 9.97. The van der Waals surface area contributed by atoms with Gasteiger partial charge in [-0.3, -0.25) is 0 Å². The quantitative estimate of drug-likeness (QED) is 0.777. The summed E-state index contributed by atoms with van der Waals surface area (Å²) in [5.74, 6) is 0.